The van der Waals surface area contributed by atoms with Crippen molar-refractivity contribution in [2.24, 2.45) is 0 Å². The monoisotopic (exact) mass is 360 g/mol. The molecule has 0 aliphatic carbocycles. The van der Waals surface area contributed by atoms with Crippen molar-refractivity contribution in [3.8, 4) is 23.0 Å². The van der Waals surface area contributed by atoms with Gasteiger partial charge >= 0.3 is 0 Å². The lowest BCUT2D eigenvalue weighted by atomic mass is 9.77. The van der Waals surface area contributed by atoms with Crippen molar-refractivity contribution in [3.05, 3.63) is 82.9 Å². The predicted octanol–water partition coefficient (Wildman–Crippen LogP) is 5.11. The zero-order chi connectivity index (χ0) is 18.4. The van der Waals surface area contributed by atoms with Gasteiger partial charge in [0.15, 0.2) is 5.60 Å². The van der Waals surface area contributed by atoms with E-state index >= 15 is 0 Å². The van der Waals surface area contributed by atoms with Crippen molar-refractivity contribution >= 4 is 0 Å². The summed E-state index contributed by atoms with van der Waals surface area (Å²) in [4.78, 5) is 0. The van der Waals surface area contributed by atoms with E-state index in [2.05, 4.69) is 19.1 Å². The van der Waals surface area contributed by atoms with Gasteiger partial charge in [-0.25, -0.2) is 0 Å². The van der Waals surface area contributed by atoms with Crippen molar-refractivity contribution in [3.63, 3.8) is 0 Å². The second-order valence-electron chi connectivity index (χ2n) is 6.92. The Morgan fingerprint density at radius 1 is 0.963 bits per heavy atom. The zero-order valence-corrected chi connectivity index (χ0v) is 15.1. The number of rotatable bonds is 3. The van der Waals surface area contributed by atoms with Gasteiger partial charge in [-0.2, -0.15) is 0 Å². The molecule has 0 bridgehead atoms. The first-order valence-electron chi connectivity index (χ1n) is 9.23. The average Bonchev–Trinajstić information content (AvgIpc) is 3.06. The van der Waals surface area contributed by atoms with Gasteiger partial charge in [0, 0.05) is 23.3 Å². The van der Waals surface area contributed by atoms with Crippen LogP contribution in [0.15, 0.2) is 60.7 Å². The van der Waals surface area contributed by atoms with Gasteiger partial charge in [0.2, 0.25) is 0 Å². The van der Waals surface area contributed by atoms with E-state index in [1.807, 2.05) is 36.4 Å². The van der Waals surface area contributed by atoms with Gasteiger partial charge in [0.25, 0.3) is 0 Å². The summed E-state index contributed by atoms with van der Waals surface area (Å²) < 4.78 is 18.4. The first-order valence-corrected chi connectivity index (χ1v) is 9.23. The van der Waals surface area contributed by atoms with Crippen LogP contribution in [0.4, 0.5) is 0 Å². The van der Waals surface area contributed by atoms with Gasteiger partial charge in [0.1, 0.15) is 23.0 Å². The molecule has 0 fully saturated rings. The number of phenolic OH excluding ortho intramolecular Hbond substituents is 1. The van der Waals surface area contributed by atoms with Crippen LogP contribution in [0, 0.1) is 0 Å². The lowest BCUT2D eigenvalue weighted by molar-refractivity contribution is 0.0198. The molecule has 0 aromatic heterocycles. The molecule has 1 N–H and O–H groups in total. The Bertz CT molecular complexity index is 1030. The van der Waals surface area contributed by atoms with Crippen LogP contribution in [0.3, 0.4) is 0 Å². The number of fused-ring (bicyclic) bond motifs is 6. The molecule has 3 aromatic carbocycles. The van der Waals surface area contributed by atoms with Crippen LogP contribution in [0.25, 0.3) is 0 Å². The Morgan fingerprint density at radius 3 is 2.59 bits per heavy atom. The molecule has 2 aliphatic heterocycles. The maximum atomic E-state index is 9.99. The predicted molar refractivity (Wildman–Crippen MR) is 102 cm³/mol. The Morgan fingerprint density at radius 2 is 1.74 bits per heavy atom. The van der Waals surface area contributed by atoms with Crippen molar-refractivity contribution in [2.45, 2.75) is 25.6 Å². The lowest BCUT2D eigenvalue weighted by Gasteiger charge is -2.37. The Kier molecular flexibility index (Phi) is 3.62. The smallest absolute Gasteiger partial charge is 0.151 e. The summed E-state index contributed by atoms with van der Waals surface area (Å²) in [5.41, 5.74) is 3.39. The normalized spacial score (nSPS) is 19.1. The van der Waals surface area contributed by atoms with E-state index in [1.165, 1.54) is 0 Å². The van der Waals surface area contributed by atoms with Gasteiger partial charge in [-0.15, -0.1) is 0 Å². The molecule has 1 atom stereocenters. The Hall–Kier alpha value is -2.98. The minimum Gasteiger partial charge on any atom is -0.508 e. The van der Waals surface area contributed by atoms with Gasteiger partial charge in [-0.3, -0.25) is 0 Å². The van der Waals surface area contributed by atoms with E-state index in [-0.39, 0.29) is 5.75 Å². The second-order valence-corrected chi connectivity index (χ2v) is 6.92. The highest BCUT2D eigenvalue weighted by atomic mass is 16.5. The number of hydrogen-bond donors (Lipinski definition) is 1. The molecule has 0 radical (unpaired) electrons. The van der Waals surface area contributed by atoms with Crippen LogP contribution >= 0.6 is 0 Å². The summed E-state index contributed by atoms with van der Waals surface area (Å²) in [5.74, 6) is 2.22. The van der Waals surface area contributed by atoms with Crippen LogP contribution in [0.5, 0.6) is 23.0 Å². The summed E-state index contributed by atoms with van der Waals surface area (Å²) >= 11 is 0. The molecule has 5 rings (SSSR count). The average molecular weight is 360 g/mol. The fourth-order valence-electron chi connectivity index (χ4n) is 4.04. The van der Waals surface area contributed by atoms with E-state index in [1.54, 1.807) is 12.1 Å². The molecule has 1 spiro atoms. The molecule has 2 heterocycles. The highest BCUT2D eigenvalue weighted by Gasteiger charge is 2.49. The molecule has 1 unspecified atom stereocenters. The van der Waals surface area contributed by atoms with Crippen LogP contribution < -0.4 is 9.47 Å². The van der Waals surface area contributed by atoms with E-state index in [9.17, 15) is 5.11 Å². The molecule has 4 nitrogen and oxygen atoms in total. The first-order chi connectivity index (χ1) is 13.2. The van der Waals surface area contributed by atoms with E-state index in [0.29, 0.717) is 24.7 Å². The van der Waals surface area contributed by atoms with Crippen LogP contribution in [0.1, 0.15) is 35.6 Å². The maximum absolute atomic E-state index is 9.99. The fraction of sp³-hybridized carbons (Fsp3) is 0.217. The summed E-state index contributed by atoms with van der Waals surface area (Å²) in [5, 5.41) is 9.99. The number of aromatic hydroxyl groups is 1. The molecule has 136 valence electrons. The van der Waals surface area contributed by atoms with Crippen molar-refractivity contribution in [1.29, 1.82) is 0 Å². The Labute approximate surface area is 157 Å². The molecule has 4 heteroatoms. The lowest BCUT2D eigenvalue weighted by Crippen LogP contribution is -2.32. The van der Waals surface area contributed by atoms with E-state index in [4.69, 9.17) is 14.2 Å². The van der Waals surface area contributed by atoms with Crippen molar-refractivity contribution in [1.82, 2.24) is 0 Å². The van der Waals surface area contributed by atoms with Gasteiger partial charge in [-0.1, -0.05) is 31.2 Å². The van der Waals surface area contributed by atoms with Gasteiger partial charge in [-0.05, 0) is 41.8 Å². The molecule has 0 saturated carbocycles. The van der Waals surface area contributed by atoms with Gasteiger partial charge in [0.05, 0.1) is 13.2 Å². The number of hydrogen-bond acceptors (Lipinski definition) is 4. The number of benzene rings is 3. The fourth-order valence-corrected chi connectivity index (χ4v) is 4.04. The van der Waals surface area contributed by atoms with Crippen LogP contribution in [-0.4, -0.2) is 11.7 Å². The third-order valence-electron chi connectivity index (χ3n) is 5.21. The number of phenols is 1. The third kappa shape index (κ3) is 2.33. The first kappa shape index (κ1) is 16.2. The van der Waals surface area contributed by atoms with Crippen LogP contribution in [0.2, 0.25) is 0 Å². The minimum atomic E-state index is -0.740. The van der Waals surface area contributed by atoms with E-state index in [0.717, 1.165) is 34.4 Å². The zero-order valence-electron chi connectivity index (χ0n) is 15.1. The summed E-state index contributed by atoms with van der Waals surface area (Å²) in [6.45, 7) is 3.26. The molecule has 2 aliphatic rings. The molecular weight excluding hydrogens is 340 g/mol. The van der Waals surface area contributed by atoms with Crippen molar-refractivity contribution < 1.29 is 19.3 Å². The summed E-state index contributed by atoms with van der Waals surface area (Å²) in [7, 11) is 0. The van der Waals surface area contributed by atoms with E-state index < -0.39 is 5.60 Å². The highest BCUT2D eigenvalue weighted by molar-refractivity contribution is 5.65. The number of ether oxygens (including phenoxy) is 3. The second kappa shape index (κ2) is 6.03. The summed E-state index contributed by atoms with van der Waals surface area (Å²) in [6, 6.07) is 19.4. The van der Waals surface area contributed by atoms with Gasteiger partial charge < -0.3 is 19.3 Å². The summed E-state index contributed by atoms with van der Waals surface area (Å²) in [6.07, 6.45) is 0.940. The molecule has 0 amide bonds. The van der Waals surface area contributed by atoms with Crippen LogP contribution in [-0.2, 0) is 16.9 Å². The quantitative estimate of drug-likeness (QED) is 0.705. The minimum absolute atomic E-state index is 0.164. The molecular formula is C23H20O4. The molecule has 27 heavy (non-hydrogen) atoms. The maximum Gasteiger partial charge on any atom is 0.151 e. The highest BCUT2D eigenvalue weighted by Crippen LogP contribution is 2.56. The Balaban J connectivity index is 1.75. The standard InChI is InChI=1S/C23H20O4/c1-2-11-25-17-8-10-20-22(13-17)27-21-12-16(24)7-9-19(21)23(20)18-6-4-3-5-15(18)14-26-23/h3-10,12-13,24H,2,11,14H2,1H3. The molecule has 0 saturated heterocycles. The molecule has 3 aromatic rings. The topological polar surface area (TPSA) is 47.9 Å². The SMILES string of the molecule is CCCOc1ccc2c(c1)Oc1cc(O)ccc1C21OCc2ccccc21. The largest absolute Gasteiger partial charge is 0.508 e. The van der Waals surface area contributed by atoms with Crippen molar-refractivity contribution in [2.75, 3.05) is 6.61 Å². The third-order valence-corrected chi connectivity index (χ3v) is 5.21.